The third-order valence-corrected chi connectivity index (χ3v) is 4.43. The molecule has 0 fully saturated rings. The molecule has 6 nitrogen and oxygen atoms in total. The smallest absolute Gasteiger partial charge is 0.305 e. The molecule has 28 heavy (non-hydrogen) atoms. The topological polar surface area (TPSA) is 80.6 Å². The highest BCUT2D eigenvalue weighted by Gasteiger charge is 2.12. The molecule has 0 atom stereocenters. The quantitative estimate of drug-likeness (QED) is 0.631. The normalized spacial score (nSPS) is 10.4. The van der Waals surface area contributed by atoms with E-state index in [1.165, 1.54) is 6.07 Å². The maximum absolute atomic E-state index is 12.1. The molecule has 0 saturated carbocycles. The molecule has 7 heteroatoms. The van der Waals surface area contributed by atoms with Gasteiger partial charge in [0.1, 0.15) is 18.1 Å². The Kier molecular flexibility index (Phi) is 6.01. The molecule has 0 aliphatic heterocycles. The zero-order valence-corrected chi connectivity index (χ0v) is 16.2. The van der Waals surface area contributed by atoms with Crippen LogP contribution in [0.4, 0.5) is 0 Å². The van der Waals surface area contributed by atoms with Crippen molar-refractivity contribution < 1.29 is 18.7 Å². The average Bonchev–Trinajstić information content (AvgIpc) is 3.13. The summed E-state index contributed by atoms with van der Waals surface area (Å²) < 4.78 is 10.9. The molecule has 0 unspecified atom stereocenters. The molecule has 0 radical (unpaired) electrons. The summed E-state index contributed by atoms with van der Waals surface area (Å²) in [4.78, 5) is 24.0. The number of furan rings is 1. The van der Waals surface area contributed by atoms with Crippen LogP contribution in [0.5, 0.6) is 5.75 Å². The summed E-state index contributed by atoms with van der Waals surface area (Å²) >= 11 is 6.00. The lowest BCUT2D eigenvalue weighted by Crippen LogP contribution is -2.41. The second kappa shape index (κ2) is 8.63. The van der Waals surface area contributed by atoms with Crippen molar-refractivity contribution in [3.63, 3.8) is 0 Å². The van der Waals surface area contributed by atoms with Crippen LogP contribution in [0.15, 0.2) is 59.0 Å². The van der Waals surface area contributed by atoms with Gasteiger partial charge in [-0.15, -0.1) is 0 Å². The van der Waals surface area contributed by atoms with Gasteiger partial charge >= 0.3 is 5.91 Å². The predicted octanol–water partition coefficient (Wildman–Crippen LogP) is 4.20. The van der Waals surface area contributed by atoms with Gasteiger partial charge in [-0.25, -0.2) is 0 Å². The molecule has 2 N–H and O–H groups in total. The van der Waals surface area contributed by atoms with Gasteiger partial charge in [0.2, 0.25) is 0 Å². The molecule has 2 aromatic carbocycles. The fourth-order valence-electron chi connectivity index (χ4n) is 2.43. The summed E-state index contributed by atoms with van der Waals surface area (Å²) in [6.45, 7) is 4.00. The highest BCUT2D eigenvalue weighted by molar-refractivity contribution is 6.31. The number of benzene rings is 2. The van der Waals surface area contributed by atoms with Gasteiger partial charge in [0.15, 0.2) is 5.76 Å². The van der Waals surface area contributed by atoms with Crippen LogP contribution in [-0.2, 0) is 6.61 Å². The number of hydrogen-bond acceptors (Lipinski definition) is 4. The first-order valence-electron chi connectivity index (χ1n) is 8.57. The van der Waals surface area contributed by atoms with E-state index in [0.717, 1.165) is 16.9 Å². The molecule has 0 aliphatic rings. The van der Waals surface area contributed by atoms with Crippen molar-refractivity contribution in [1.29, 1.82) is 0 Å². The number of hydrazine groups is 1. The van der Waals surface area contributed by atoms with Crippen molar-refractivity contribution >= 4 is 23.4 Å². The van der Waals surface area contributed by atoms with E-state index in [-0.39, 0.29) is 5.76 Å². The lowest BCUT2D eigenvalue weighted by molar-refractivity contribution is 0.0830. The zero-order valence-electron chi connectivity index (χ0n) is 15.4. The molecule has 0 aliphatic carbocycles. The van der Waals surface area contributed by atoms with Crippen molar-refractivity contribution in [2.24, 2.45) is 0 Å². The van der Waals surface area contributed by atoms with Gasteiger partial charge < -0.3 is 9.15 Å². The van der Waals surface area contributed by atoms with Crippen LogP contribution in [0.2, 0.25) is 5.02 Å². The summed E-state index contributed by atoms with van der Waals surface area (Å²) in [6.07, 6.45) is 0. The second-order valence-electron chi connectivity index (χ2n) is 6.22. The summed E-state index contributed by atoms with van der Waals surface area (Å²) in [5.74, 6) is 0.507. The van der Waals surface area contributed by atoms with E-state index in [2.05, 4.69) is 10.9 Å². The maximum atomic E-state index is 12.1. The van der Waals surface area contributed by atoms with Gasteiger partial charge in [0, 0.05) is 10.6 Å². The van der Waals surface area contributed by atoms with E-state index in [4.69, 9.17) is 20.8 Å². The molecular weight excluding hydrogens is 380 g/mol. The number of ether oxygens (including phenoxy) is 1. The Morgan fingerprint density at radius 2 is 1.68 bits per heavy atom. The minimum atomic E-state index is -0.523. The molecule has 2 amide bonds. The van der Waals surface area contributed by atoms with Crippen molar-refractivity contribution in [3.05, 3.63) is 87.8 Å². The Bertz CT molecular complexity index is 996. The average molecular weight is 399 g/mol. The van der Waals surface area contributed by atoms with E-state index >= 15 is 0 Å². The molecule has 3 aromatic rings. The van der Waals surface area contributed by atoms with Crippen LogP contribution in [0.25, 0.3) is 0 Å². The Labute approximate surface area is 167 Å². The number of amides is 2. The highest BCUT2D eigenvalue weighted by atomic mass is 35.5. The number of carbonyl (C=O) groups excluding carboxylic acids is 2. The molecule has 1 heterocycles. The Morgan fingerprint density at radius 3 is 2.32 bits per heavy atom. The fraction of sp³-hybridized carbons (Fsp3) is 0.143. The van der Waals surface area contributed by atoms with Gasteiger partial charge in [-0.1, -0.05) is 23.7 Å². The standard InChI is InChI=1S/C21H19ClN2O4/c1-13-11-17(8-9-18(13)22)27-12-15-4-6-16(7-5-15)20(25)23-24-21(26)19-10-3-14(2)28-19/h3-11H,12H2,1-2H3,(H,23,25)(H,24,26). The van der Waals surface area contributed by atoms with Crippen molar-refractivity contribution in [2.75, 3.05) is 0 Å². The van der Waals surface area contributed by atoms with Crippen LogP contribution in [-0.4, -0.2) is 11.8 Å². The number of halogens is 1. The second-order valence-corrected chi connectivity index (χ2v) is 6.62. The summed E-state index contributed by atoms with van der Waals surface area (Å²) in [7, 11) is 0. The Morgan fingerprint density at radius 1 is 0.964 bits per heavy atom. The fourth-order valence-corrected chi connectivity index (χ4v) is 2.55. The molecule has 0 spiro atoms. The van der Waals surface area contributed by atoms with Gasteiger partial charge in [0.05, 0.1) is 0 Å². The van der Waals surface area contributed by atoms with E-state index in [9.17, 15) is 9.59 Å². The minimum Gasteiger partial charge on any atom is -0.489 e. The Balaban J connectivity index is 1.52. The summed E-state index contributed by atoms with van der Waals surface area (Å²) in [5, 5.41) is 0.692. The number of hydrogen-bond donors (Lipinski definition) is 2. The van der Waals surface area contributed by atoms with Crippen LogP contribution >= 0.6 is 11.6 Å². The van der Waals surface area contributed by atoms with Crippen molar-refractivity contribution in [2.45, 2.75) is 20.5 Å². The maximum Gasteiger partial charge on any atom is 0.305 e. The zero-order chi connectivity index (χ0) is 20.1. The minimum absolute atomic E-state index is 0.128. The van der Waals surface area contributed by atoms with Crippen LogP contribution in [0.3, 0.4) is 0 Å². The number of aryl methyl sites for hydroxylation is 2. The molecular formula is C21H19ClN2O4. The summed E-state index contributed by atoms with van der Waals surface area (Å²) in [6, 6.07) is 15.6. The van der Waals surface area contributed by atoms with Crippen molar-refractivity contribution in [3.8, 4) is 5.75 Å². The molecule has 0 saturated heterocycles. The van der Waals surface area contributed by atoms with E-state index < -0.39 is 11.8 Å². The van der Waals surface area contributed by atoms with Crippen LogP contribution in [0.1, 0.15) is 37.8 Å². The first-order chi connectivity index (χ1) is 13.4. The predicted molar refractivity (Wildman–Crippen MR) is 105 cm³/mol. The molecule has 0 bridgehead atoms. The largest absolute Gasteiger partial charge is 0.489 e. The van der Waals surface area contributed by atoms with E-state index in [1.807, 2.05) is 13.0 Å². The lowest BCUT2D eigenvalue weighted by Gasteiger charge is -2.09. The monoisotopic (exact) mass is 398 g/mol. The van der Waals surface area contributed by atoms with Crippen LogP contribution < -0.4 is 15.6 Å². The third-order valence-electron chi connectivity index (χ3n) is 4.00. The first kappa shape index (κ1) is 19.5. The number of carbonyl (C=O) groups is 2. The molecule has 144 valence electrons. The first-order valence-corrected chi connectivity index (χ1v) is 8.95. The lowest BCUT2D eigenvalue weighted by atomic mass is 10.1. The number of rotatable bonds is 5. The Hall–Kier alpha value is -3.25. The summed E-state index contributed by atoms with van der Waals surface area (Å²) in [5.41, 5.74) is 6.92. The molecule has 3 rings (SSSR count). The van der Waals surface area contributed by atoms with Crippen LogP contribution in [0, 0.1) is 13.8 Å². The van der Waals surface area contributed by atoms with Crippen molar-refractivity contribution in [1.82, 2.24) is 10.9 Å². The third kappa shape index (κ3) is 4.92. The van der Waals surface area contributed by atoms with Gasteiger partial charge in [-0.2, -0.15) is 0 Å². The highest BCUT2D eigenvalue weighted by Crippen LogP contribution is 2.21. The molecule has 1 aromatic heterocycles. The van der Waals surface area contributed by atoms with E-state index in [1.54, 1.807) is 49.4 Å². The van der Waals surface area contributed by atoms with Gasteiger partial charge in [0.25, 0.3) is 5.91 Å². The van der Waals surface area contributed by atoms with Gasteiger partial charge in [-0.3, -0.25) is 20.4 Å². The number of nitrogens with one attached hydrogen (secondary N) is 2. The van der Waals surface area contributed by atoms with E-state index in [0.29, 0.717) is 23.0 Å². The van der Waals surface area contributed by atoms with Gasteiger partial charge in [-0.05, 0) is 67.4 Å². The SMILES string of the molecule is Cc1ccc(C(=O)NNC(=O)c2ccc(COc3ccc(Cl)c(C)c3)cc2)o1.